The summed E-state index contributed by atoms with van der Waals surface area (Å²) in [5.74, 6) is 1.03. The van der Waals surface area contributed by atoms with Gasteiger partial charge in [-0.05, 0) is 29.9 Å². The van der Waals surface area contributed by atoms with Gasteiger partial charge in [-0.2, -0.15) is 0 Å². The fraction of sp³-hybridized carbons (Fsp3) is 0.533. The van der Waals surface area contributed by atoms with Crippen molar-refractivity contribution in [1.82, 2.24) is 4.90 Å². The molecule has 0 bridgehead atoms. The lowest BCUT2D eigenvalue weighted by Gasteiger charge is -2.26. The van der Waals surface area contributed by atoms with Gasteiger partial charge in [-0.15, -0.1) is 0 Å². The highest BCUT2D eigenvalue weighted by Gasteiger charge is 2.46. The third-order valence-electron chi connectivity index (χ3n) is 4.04. The number of halogens is 1. The van der Waals surface area contributed by atoms with Crippen LogP contribution in [0.2, 0.25) is 0 Å². The van der Waals surface area contributed by atoms with Gasteiger partial charge in [0.05, 0.1) is 23.6 Å². The first-order valence-electron chi connectivity index (χ1n) is 7.40. The largest absolute Gasteiger partial charge is 0.345 e. The molecule has 4 nitrogen and oxygen atoms in total. The van der Waals surface area contributed by atoms with Crippen LogP contribution in [0, 0.1) is 5.82 Å². The average Bonchev–Trinajstić information content (AvgIpc) is 2.91. The molecular weight excluding hydrogens is 323 g/mol. The van der Waals surface area contributed by atoms with Gasteiger partial charge >= 0.3 is 0 Å². The lowest BCUT2D eigenvalue weighted by Crippen LogP contribution is -2.40. The molecule has 0 N–H and O–H groups in total. The third kappa shape index (κ3) is 3.30. The summed E-state index contributed by atoms with van der Waals surface area (Å²) in [5.41, 5.74) is 1.05. The number of aliphatic imine (C=N–C) groups is 1. The summed E-state index contributed by atoms with van der Waals surface area (Å²) in [4.78, 5) is 6.74. The van der Waals surface area contributed by atoms with Crippen LogP contribution in [0.1, 0.15) is 12.5 Å². The van der Waals surface area contributed by atoms with Crippen LogP contribution >= 0.6 is 11.8 Å². The maximum Gasteiger partial charge on any atom is 0.159 e. The Balaban J connectivity index is 1.72. The van der Waals surface area contributed by atoms with Crippen LogP contribution in [-0.2, 0) is 16.3 Å². The van der Waals surface area contributed by atoms with Crippen LogP contribution in [0.5, 0.6) is 0 Å². The molecule has 1 fully saturated rings. The molecule has 22 heavy (non-hydrogen) atoms. The minimum atomic E-state index is -2.97. The summed E-state index contributed by atoms with van der Waals surface area (Å²) in [7, 11) is -2.97. The maximum atomic E-state index is 13.0. The first-order chi connectivity index (χ1) is 10.5. The van der Waals surface area contributed by atoms with Gasteiger partial charge in [0.15, 0.2) is 15.0 Å². The molecule has 0 radical (unpaired) electrons. The van der Waals surface area contributed by atoms with E-state index in [0.29, 0.717) is 6.54 Å². The molecule has 0 aliphatic carbocycles. The van der Waals surface area contributed by atoms with Crippen LogP contribution < -0.4 is 0 Å². The number of amidine groups is 1. The van der Waals surface area contributed by atoms with E-state index in [4.69, 9.17) is 0 Å². The number of benzene rings is 1. The summed E-state index contributed by atoms with van der Waals surface area (Å²) in [6.45, 7) is 2.78. The van der Waals surface area contributed by atoms with Crippen LogP contribution in [0.25, 0.3) is 0 Å². The molecular formula is C15H19FN2O2S2. The Morgan fingerprint density at radius 2 is 2.05 bits per heavy atom. The molecule has 2 aliphatic rings. The number of sulfone groups is 1. The highest BCUT2D eigenvalue weighted by molar-refractivity contribution is 8.13. The fourth-order valence-electron chi connectivity index (χ4n) is 3.00. The van der Waals surface area contributed by atoms with Crippen LogP contribution in [0.4, 0.5) is 4.39 Å². The maximum absolute atomic E-state index is 13.0. The molecule has 0 saturated carbocycles. The Bertz CT molecular complexity index is 673. The van der Waals surface area contributed by atoms with Crippen molar-refractivity contribution >= 4 is 26.8 Å². The normalized spacial score (nSPS) is 26.1. The number of nitrogens with zero attached hydrogens (tertiary/aromatic N) is 2. The third-order valence-corrected chi connectivity index (χ3v) is 6.63. The van der Waals surface area contributed by atoms with Crippen molar-refractivity contribution in [2.24, 2.45) is 4.99 Å². The summed E-state index contributed by atoms with van der Waals surface area (Å²) >= 11 is 1.66. The van der Waals surface area contributed by atoms with Crippen LogP contribution in [0.15, 0.2) is 29.3 Å². The van der Waals surface area contributed by atoms with Crippen molar-refractivity contribution < 1.29 is 12.8 Å². The molecule has 1 aromatic rings. The second kappa shape index (κ2) is 6.20. The molecule has 2 atom stereocenters. The number of rotatable bonds is 4. The number of hydrogen-bond donors (Lipinski definition) is 0. The minimum absolute atomic E-state index is 0.0282. The quantitative estimate of drug-likeness (QED) is 0.839. The summed E-state index contributed by atoms with van der Waals surface area (Å²) in [5, 5.41) is 0.953. The second-order valence-corrected chi connectivity index (χ2v) is 9.01. The molecule has 3 rings (SSSR count). The fourth-order valence-corrected chi connectivity index (χ4v) is 5.74. The Hall–Kier alpha value is -1.08. The van der Waals surface area contributed by atoms with Crippen molar-refractivity contribution in [3.63, 3.8) is 0 Å². The number of fused-ring (bicyclic) bond motifs is 1. The zero-order chi connectivity index (χ0) is 15.7. The Morgan fingerprint density at radius 3 is 2.73 bits per heavy atom. The molecule has 7 heteroatoms. The smallest absolute Gasteiger partial charge is 0.159 e. The Morgan fingerprint density at radius 1 is 1.32 bits per heavy atom. The average molecular weight is 342 g/mol. The molecule has 2 heterocycles. The second-order valence-electron chi connectivity index (χ2n) is 5.63. The van der Waals surface area contributed by atoms with Crippen molar-refractivity contribution in [2.45, 2.75) is 25.4 Å². The van der Waals surface area contributed by atoms with Crippen molar-refractivity contribution in [1.29, 1.82) is 0 Å². The van der Waals surface area contributed by atoms with Crippen molar-refractivity contribution in [2.75, 3.05) is 23.8 Å². The van der Waals surface area contributed by atoms with Crippen molar-refractivity contribution in [3.05, 3.63) is 35.6 Å². The van der Waals surface area contributed by atoms with Gasteiger partial charge in [0.2, 0.25) is 0 Å². The first-order valence-corrected chi connectivity index (χ1v) is 10.2. The van der Waals surface area contributed by atoms with E-state index in [0.717, 1.165) is 22.9 Å². The zero-order valence-corrected chi connectivity index (χ0v) is 14.0. The predicted octanol–water partition coefficient (Wildman–Crippen LogP) is 1.96. The molecule has 2 aliphatic heterocycles. The first kappa shape index (κ1) is 15.8. The Labute approximate surface area is 134 Å². The topological polar surface area (TPSA) is 49.7 Å². The van der Waals surface area contributed by atoms with Crippen LogP contribution in [0.3, 0.4) is 0 Å². The van der Waals surface area contributed by atoms with E-state index in [1.54, 1.807) is 23.9 Å². The molecule has 1 saturated heterocycles. The number of hydrogen-bond acceptors (Lipinski definition) is 5. The standard InChI is InChI=1S/C15H19FN2O2S2/c1-2-21-15-17-13-9-22(19,20)10-14(13)18(15)8-7-11-3-5-12(16)6-4-11/h3-6,13-14H,2,7-10H2,1H3/t13-,14+/m1/s1. The number of thioether (sulfide) groups is 1. The monoisotopic (exact) mass is 342 g/mol. The van der Waals surface area contributed by atoms with E-state index in [1.807, 2.05) is 0 Å². The summed E-state index contributed by atoms with van der Waals surface area (Å²) in [6.07, 6.45) is 0.757. The zero-order valence-electron chi connectivity index (χ0n) is 12.4. The van der Waals surface area contributed by atoms with E-state index in [2.05, 4.69) is 16.8 Å². The van der Waals surface area contributed by atoms with E-state index < -0.39 is 9.84 Å². The highest BCUT2D eigenvalue weighted by atomic mass is 32.2. The van der Waals surface area contributed by atoms with Gasteiger partial charge in [-0.25, -0.2) is 12.8 Å². The van der Waals surface area contributed by atoms with Crippen LogP contribution in [-0.4, -0.2) is 54.4 Å². The van der Waals surface area contributed by atoms with Gasteiger partial charge < -0.3 is 4.90 Å². The molecule has 1 aromatic carbocycles. The molecule has 0 amide bonds. The van der Waals surface area contributed by atoms with Crippen molar-refractivity contribution in [3.8, 4) is 0 Å². The molecule has 0 spiro atoms. The van der Waals surface area contributed by atoms with Gasteiger partial charge in [0, 0.05) is 6.54 Å². The molecule has 120 valence electrons. The summed E-state index contributed by atoms with van der Waals surface area (Å²) < 4.78 is 36.6. The van der Waals surface area contributed by atoms with E-state index >= 15 is 0 Å². The van der Waals surface area contributed by atoms with E-state index in [1.165, 1.54) is 12.1 Å². The Kier molecular flexibility index (Phi) is 4.45. The van der Waals surface area contributed by atoms with E-state index in [9.17, 15) is 12.8 Å². The molecule has 0 aromatic heterocycles. The SMILES string of the molecule is CCSC1=N[C@@H]2CS(=O)(=O)C[C@@H]2N1CCc1ccc(F)cc1. The lowest BCUT2D eigenvalue weighted by molar-refractivity contribution is 0.352. The van der Waals surface area contributed by atoms with Gasteiger partial charge in [-0.1, -0.05) is 30.8 Å². The van der Waals surface area contributed by atoms with Gasteiger partial charge in [-0.3, -0.25) is 4.99 Å². The van der Waals surface area contributed by atoms with Gasteiger partial charge in [0.25, 0.3) is 0 Å². The summed E-state index contributed by atoms with van der Waals surface area (Å²) in [6, 6.07) is 6.32. The molecule has 0 unspecified atom stereocenters. The van der Waals surface area contributed by atoms with Gasteiger partial charge in [0.1, 0.15) is 5.82 Å². The van der Waals surface area contributed by atoms with E-state index in [-0.39, 0.29) is 29.4 Å². The minimum Gasteiger partial charge on any atom is -0.345 e. The lowest BCUT2D eigenvalue weighted by atomic mass is 10.1. The highest BCUT2D eigenvalue weighted by Crippen LogP contribution is 2.31. The predicted molar refractivity (Wildman–Crippen MR) is 88.6 cm³/mol.